The van der Waals surface area contributed by atoms with E-state index in [1.165, 1.54) is 6.92 Å². The Morgan fingerprint density at radius 3 is 2.38 bits per heavy atom. The average Bonchev–Trinajstić information content (AvgIpc) is 2.44. The summed E-state index contributed by atoms with van der Waals surface area (Å²) in [4.78, 5) is 22.9. The topological polar surface area (TPSA) is 148 Å². The van der Waals surface area contributed by atoms with Gasteiger partial charge in [0, 0.05) is 12.7 Å². The molecule has 0 bridgehead atoms. The first-order valence-corrected chi connectivity index (χ1v) is 6.94. The van der Waals surface area contributed by atoms with E-state index in [-0.39, 0.29) is 5.75 Å². The van der Waals surface area contributed by atoms with Gasteiger partial charge in [-0.2, -0.15) is 12.6 Å². The molecule has 0 spiro atoms. The van der Waals surface area contributed by atoms with Gasteiger partial charge in [0.05, 0.1) is 6.61 Å². The van der Waals surface area contributed by atoms with Crippen LogP contribution in [0.25, 0.3) is 0 Å². The molecular formula is C11H20N2O7S. The molecule has 1 aliphatic heterocycles. The smallest absolute Gasteiger partial charge is 0.243 e. The second-order valence-electron chi connectivity index (χ2n) is 4.70. The second-order valence-corrected chi connectivity index (χ2v) is 5.06. The Morgan fingerprint density at radius 1 is 1.29 bits per heavy atom. The van der Waals surface area contributed by atoms with E-state index in [0.29, 0.717) is 0 Å². The van der Waals surface area contributed by atoms with E-state index in [9.17, 15) is 24.9 Å². The van der Waals surface area contributed by atoms with E-state index in [1.54, 1.807) is 0 Å². The summed E-state index contributed by atoms with van der Waals surface area (Å²) in [5, 5.41) is 42.9. The van der Waals surface area contributed by atoms with Gasteiger partial charge in [0.1, 0.15) is 30.4 Å². The first kappa shape index (κ1) is 18.1. The van der Waals surface area contributed by atoms with Crippen molar-refractivity contribution in [2.75, 3.05) is 12.4 Å². The van der Waals surface area contributed by atoms with Crippen LogP contribution in [-0.4, -0.2) is 81.3 Å². The number of thiol groups is 1. The van der Waals surface area contributed by atoms with Gasteiger partial charge in [0.25, 0.3) is 0 Å². The minimum absolute atomic E-state index is 0.00694. The van der Waals surface area contributed by atoms with E-state index in [2.05, 4.69) is 23.3 Å². The van der Waals surface area contributed by atoms with Crippen molar-refractivity contribution >= 4 is 24.4 Å². The summed E-state index contributed by atoms with van der Waals surface area (Å²) in [5.74, 6) is -1.13. The molecular weight excluding hydrogens is 304 g/mol. The maximum atomic E-state index is 11.9. The summed E-state index contributed by atoms with van der Waals surface area (Å²) < 4.78 is 4.90. The van der Waals surface area contributed by atoms with E-state index in [0.717, 1.165) is 0 Å². The summed E-state index contributed by atoms with van der Waals surface area (Å²) in [6, 6.07) is -2.26. The first-order chi connectivity index (χ1) is 9.81. The number of carbonyl (C=O) groups excluding carboxylic acids is 2. The minimum Gasteiger partial charge on any atom is -0.394 e. The third kappa shape index (κ3) is 4.53. The molecule has 0 saturated carbocycles. The zero-order valence-corrected chi connectivity index (χ0v) is 12.2. The van der Waals surface area contributed by atoms with Gasteiger partial charge in [0.2, 0.25) is 11.8 Å². The van der Waals surface area contributed by atoms with Crippen molar-refractivity contribution in [3.8, 4) is 0 Å². The zero-order valence-electron chi connectivity index (χ0n) is 11.3. The average molecular weight is 324 g/mol. The molecule has 122 valence electrons. The van der Waals surface area contributed by atoms with Crippen molar-refractivity contribution in [1.82, 2.24) is 10.6 Å². The Bertz CT molecular complexity index is 384. The van der Waals surface area contributed by atoms with Gasteiger partial charge in [-0.15, -0.1) is 0 Å². The minimum atomic E-state index is -1.61. The molecule has 0 unspecified atom stereocenters. The van der Waals surface area contributed by atoms with Crippen LogP contribution in [0.4, 0.5) is 0 Å². The summed E-state index contributed by atoms with van der Waals surface area (Å²) >= 11 is 3.93. The molecule has 0 aromatic heterocycles. The maximum absolute atomic E-state index is 11.9. The molecule has 10 heteroatoms. The predicted octanol–water partition coefficient (Wildman–Crippen LogP) is -3.66. The van der Waals surface area contributed by atoms with Gasteiger partial charge >= 0.3 is 0 Å². The molecule has 9 nitrogen and oxygen atoms in total. The van der Waals surface area contributed by atoms with Gasteiger partial charge in [-0.1, -0.05) is 0 Å². The quantitative estimate of drug-likeness (QED) is 0.258. The van der Waals surface area contributed by atoms with Crippen LogP contribution in [0, 0.1) is 0 Å². The number of aliphatic hydroxyl groups is 4. The molecule has 1 fully saturated rings. The Morgan fingerprint density at radius 2 is 1.90 bits per heavy atom. The Balaban J connectivity index is 2.72. The van der Waals surface area contributed by atoms with Crippen LogP contribution in [-0.2, 0) is 14.3 Å². The number of hydrogen-bond acceptors (Lipinski definition) is 8. The van der Waals surface area contributed by atoms with Gasteiger partial charge in [-0.25, -0.2) is 0 Å². The highest BCUT2D eigenvalue weighted by Crippen LogP contribution is 2.19. The fraction of sp³-hybridized carbons (Fsp3) is 0.818. The second kappa shape index (κ2) is 7.92. The number of ether oxygens (including phenoxy) is 1. The molecule has 21 heavy (non-hydrogen) atoms. The molecule has 2 amide bonds. The molecule has 0 radical (unpaired) electrons. The van der Waals surface area contributed by atoms with Crippen molar-refractivity contribution in [3.05, 3.63) is 0 Å². The summed E-state index contributed by atoms with van der Waals surface area (Å²) in [5.41, 5.74) is 0. The number of nitrogens with one attached hydrogen (secondary N) is 2. The monoisotopic (exact) mass is 324 g/mol. The van der Waals surface area contributed by atoms with Crippen LogP contribution in [0.3, 0.4) is 0 Å². The molecule has 1 aliphatic rings. The van der Waals surface area contributed by atoms with Crippen molar-refractivity contribution in [2.45, 2.75) is 43.6 Å². The molecule has 1 rings (SSSR count). The van der Waals surface area contributed by atoms with Gasteiger partial charge in [-0.3, -0.25) is 9.59 Å². The van der Waals surface area contributed by atoms with Gasteiger partial charge in [0.15, 0.2) is 6.29 Å². The lowest BCUT2D eigenvalue weighted by Crippen LogP contribution is -2.65. The molecule has 0 aromatic carbocycles. The van der Waals surface area contributed by atoms with Crippen molar-refractivity contribution < 1.29 is 34.8 Å². The van der Waals surface area contributed by atoms with Crippen LogP contribution in [0.2, 0.25) is 0 Å². The zero-order chi connectivity index (χ0) is 16.2. The fourth-order valence-electron chi connectivity index (χ4n) is 1.96. The third-order valence-corrected chi connectivity index (χ3v) is 3.45. The summed E-state index contributed by atoms with van der Waals surface area (Å²) in [6.45, 7) is 0.633. The maximum Gasteiger partial charge on any atom is 0.243 e. The molecule has 6 N–H and O–H groups in total. The summed E-state index contributed by atoms with van der Waals surface area (Å²) in [7, 11) is 0. The van der Waals surface area contributed by atoms with E-state index >= 15 is 0 Å². The predicted molar refractivity (Wildman–Crippen MR) is 73.4 cm³/mol. The number of amides is 2. The van der Waals surface area contributed by atoms with Crippen LogP contribution in [0.5, 0.6) is 0 Å². The standard InChI is InChI=1S/C11H20N2O7S/c1-4(15)12-5(3-21)10(18)13-7-9(17)8(16)6(2-14)20-11(7)19/h5-9,11,14,16-17,19,21H,2-3H2,1H3,(H,12,15)(H,13,18)/t5-,6+,7-,8+,9+,11-/m0/s1. The lowest BCUT2D eigenvalue weighted by atomic mass is 9.97. The molecule has 1 heterocycles. The van der Waals surface area contributed by atoms with E-state index in [4.69, 9.17) is 9.84 Å². The largest absolute Gasteiger partial charge is 0.394 e. The number of carbonyl (C=O) groups is 2. The molecule has 0 aromatic rings. The van der Waals surface area contributed by atoms with Crippen molar-refractivity contribution in [2.24, 2.45) is 0 Å². The highest BCUT2D eigenvalue weighted by atomic mass is 32.1. The van der Waals surface area contributed by atoms with Crippen LogP contribution < -0.4 is 10.6 Å². The highest BCUT2D eigenvalue weighted by molar-refractivity contribution is 7.80. The van der Waals surface area contributed by atoms with Crippen LogP contribution in [0.1, 0.15) is 6.92 Å². The fourth-order valence-corrected chi connectivity index (χ4v) is 2.21. The van der Waals surface area contributed by atoms with Crippen LogP contribution >= 0.6 is 12.6 Å². The Labute approximate surface area is 126 Å². The van der Waals surface area contributed by atoms with Crippen molar-refractivity contribution in [3.63, 3.8) is 0 Å². The lowest BCUT2D eigenvalue weighted by Gasteiger charge is -2.40. The van der Waals surface area contributed by atoms with Crippen LogP contribution in [0.15, 0.2) is 0 Å². The van der Waals surface area contributed by atoms with E-state index < -0.39 is 55.1 Å². The Kier molecular flexibility index (Phi) is 6.84. The lowest BCUT2D eigenvalue weighted by molar-refractivity contribution is -0.253. The number of rotatable bonds is 5. The Hall–Kier alpha value is -0.910. The van der Waals surface area contributed by atoms with Gasteiger partial charge < -0.3 is 35.8 Å². The summed E-state index contributed by atoms with van der Waals surface area (Å²) in [6.07, 6.45) is -5.77. The van der Waals surface area contributed by atoms with Crippen molar-refractivity contribution in [1.29, 1.82) is 0 Å². The van der Waals surface area contributed by atoms with E-state index in [1.807, 2.05) is 0 Å². The number of hydrogen-bond donors (Lipinski definition) is 7. The van der Waals surface area contributed by atoms with Gasteiger partial charge in [-0.05, 0) is 0 Å². The first-order valence-electron chi connectivity index (χ1n) is 6.30. The SMILES string of the molecule is CC(=O)N[C@@H](CS)C(=O)N[C@H]1[C@@H](O)[C@H](O)[C@@H](CO)O[C@@H]1O. The molecule has 6 atom stereocenters. The highest BCUT2D eigenvalue weighted by Gasteiger charge is 2.44. The number of aliphatic hydroxyl groups excluding tert-OH is 4. The molecule has 0 aliphatic carbocycles. The normalized spacial score (nSPS) is 34.1. The third-order valence-electron chi connectivity index (χ3n) is 3.09. The molecule has 1 saturated heterocycles.